The van der Waals surface area contributed by atoms with Crippen LogP contribution in [-0.4, -0.2) is 5.78 Å². The molecule has 0 aliphatic rings. The van der Waals surface area contributed by atoms with E-state index in [-0.39, 0.29) is 5.78 Å². The first-order chi connectivity index (χ1) is 10.1. The molecule has 2 aromatic carbocycles. The van der Waals surface area contributed by atoms with Crippen LogP contribution in [0.5, 0.6) is 0 Å². The second-order valence-corrected chi connectivity index (χ2v) is 5.49. The number of carbonyl (C=O) groups excluding carboxylic acids is 1. The smallest absolute Gasteiger partial charge is 0.170 e. The van der Waals surface area contributed by atoms with E-state index >= 15 is 0 Å². The van der Waals surface area contributed by atoms with E-state index in [0.717, 1.165) is 5.56 Å². The lowest BCUT2D eigenvalue weighted by Crippen LogP contribution is -2.13. The lowest BCUT2D eigenvalue weighted by Gasteiger charge is -2.16. The maximum absolute atomic E-state index is 12.7. The van der Waals surface area contributed by atoms with E-state index in [1.165, 1.54) is 0 Å². The number of ketones is 1. The van der Waals surface area contributed by atoms with Gasteiger partial charge < -0.3 is 0 Å². The number of carbonyl (C=O) groups is 1. The van der Waals surface area contributed by atoms with E-state index in [9.17, 15) is 4.79 Å². The van der Waals surface area contributed by atoms with Gasteiger partial charge in [0.2, 0.25) is 0 Å². The summed E-state index contributed by atoms with van der Waals surface area (Å²) >= 11 is 12.0. The fraction of sp³-hybridized carbons (Fsp3) is 0.176. The lowest BCUT2D eigenvalue weighted by molar-refractivity contribution is 0.0955. The van der Waals surface area contributed by atoms with Crippen molar-refractivity contribution in [1.82, 2.24) is 0 Å². The predicted molar refractivity (Wildman–Crippen MR) is 84.8 cm³/mol. The van der Waals surface area contributed by atoms with Gasteiger partial charge in [-0.25, -0.2) is 0 Å². The summed E-state index contributed by atoms with van der Waals surface area (Å²) in [5.74, 6) is -0.463. The third kappa shape index (κ3) is 3.85. The third-order valence-electron chi connectivity index (χ3n) is 3.27. The molecule has 1 unspecified atom stereocenters. The van der Waals surface area contributed by atoms with Crippen molar-refractivity contribution < 1.29 is 4.79 Å². The molecule has 0 aliphatic heterocycles. The van der Waals surface area contributed by atoms with Gasteiger partial charge in [0.1, 0.15) is 0 Å². The van der Waals surface area contributed by atoms with Gasteiger partial charge in [0, 0.05) is 27.9 Å². The number of rotatable bonds is 5. The molecule has 0 bridgehead atoms. The average Bonchev–Trinajstić information content (AvgIpc) is 2.50. The molecule has 0 radical (unpaired) electrons. The van der Waals surface area contributed by atoms with E-state index in [1.807, 2.05) is 18.2 Å². The summed E-state index contributed by atoms with van der Waals surface area (Å²) in [5.41, 5.74) is 1.33. The van der Waals surface area contributed by atoms with Crippen LogP contribution in [-0.2, 0) is 0 Å². The highest BCUT2D eigenvalue weighted by Gasteiger charge is 2.23. The largest absolute Gasteiger partial charge is 0.293 e. The average molecular weight is 318 g/mol. The van der Waals surface area contributed by atoms with E-state index in [1.54, 1.807) is 30.3 Å². The van der Waals surface area contributed by atoms with Crippen molar-refractivity contribution in [2.45, 2.75) is 18.8 Å². The topological polar surface area (TPSA) is 40.9 Å². The summed E-state index contributed by atoms with van der Waals surface area (Å²) in [7, 11) is 0. The molecule has 0 N–H and O–H groups in total. The molecule has 21 heavy (non-hydrogen) atoms. The summed E-state index contributed by atoms with van der Waals surface area (Å²) in [6, 6.07) is 16.1. The number of halogens is 2. The van der Waals surface area contributed by atoms with E-state index in [0.29, 0.717) is 28.5 Å². The Labute approximate surface area is 133 Å². The zero-order valence-electron chi connectivity index (χ0n) is 11.2. The molecule has 0 saturated carbocycles. The lowest BCUT2D eigenvalue weighted by atomic mass is 9.87. The molecule has 2 rings (SSSR count). The Morgan fingerprint density at radius 1 is 1.10 bits per heavy atom. The molecule has 0 heterocycles. The highest BCUT2D eigenvalue weighted by atomic mass is 35.5. The fourth-order valence-corrected chi connectivity index (χ4v) is 2.60. The molecular formula is C17H13Cl2NO. The molecule has 2 aromatic rings. The molecule has 2 nitrogen and oxygen atoms in total. The van der Waals surface area contributed by atoms with Crippen LogP contribution in [0.15, 0.2) is 48.5 Å². The Hall–Kier alpha value is -1.82. The van der Waals surface area contributed by atoms with Gasteiger partial charge in [0.15, 0.2) is 5.78 Å². The van der Waals surface area contributed by atoms with Gasteiger partial charge in [0.25, 0.3) is 0 Å². The zero-order chi connectivity index (χ0) is 15.2. The van der Waals surface area contributed by atoms with Crippen LogP contribution in [0.2, 0.25) is 10.0 Å². The Morgan fingerprint density at radius 2 is 1.76 bits per heavy atom. The maximum atomic E-state index is 12.7. The van der Waals surface area contributed by atoms with Crippen molar-refractivity contribution in [2.75, 3.05) is 0 Å². The van der Waals surface area contributed by atoms with Gasteiger partial charge in [-0.3, -0.25) is 4.79 Å². The third-order valence-corrected chi connectivity index (χ3v) is 3.87. The van der Waals surface area contributed by atoms with Gasteiger partial charge in [-0.2, -0.15) is 5.26 Å². The Morgan fingerprint density at radius 3 is 2.38 bits per heavy atom. The van der Waals surface area contributed by atoms with Crippen molar-refractivity contribution in [3.05, 3.63) is 69.7 Å². The van der Waals surface area contributed by atoms with E-state index in [4.69, 9.17) is 28.5 Å². The Kier molecular flexibility index (Phi) is 5.38. The summed E-state index contributed by atoms with van der Waals surface area (Å²) < 4.78 is 0. The van der Waals surface area contributed by atoms with Gasteiger partial charge in [-0.05, 0) is 42.3 Å². The normalized spacial score (nSPS) is 11.7. The Balaban J connectivity index is 2.36. The first kappa shape index (κ1) is 15.6. The minimum atomic E-state index is -0.417. The highest BCUT2D eigenvalue weighted by Crippen LogP contribution is 2.31. The van der Waals surface area contributed by atoms with Crippen LogP contribution < -0.4 is 0 Å². The van der Waals surface area contributed by atoms with Crippen LogP contribution in [0.1, 0.15) is 34.7 Å². The first-order valence-corrected chi connectivity index (χ1v) is 7.30. The summed E-state index contributed by atoms with van der Waals surface area (Å²) in [4.78, 5) is 12.7. The van der Waals surface area contributed by atoms with Crippen LogP contribution in [0.3, 0.4) is 0 Å². The summed E-state index contributed by atoms with van der Waals surface area (Å²) in [5, 5.41) is 9.93. The van der Waals surface area contributed by atoms with Crippen molar-refractivity contribution in [3.8, 4) is 6.07 Å². The van der Waals surface area contributed by atoms with Gasteiger partial charge in [0.05, 0.1) is 6.07 Å². The number of hydrogen-bond acceptors (Lipinski definition) is 2. The van der Waals surface area contributed by atoms with Crippen molar-refractivity contribution >= 4 is 29.0 Å². The fourth-order valence-electron chi connectivity index (χ4n) is 2.21. The molecule has 1 atom stereocenters. The molecule has 0 aliphatic carbocycles. The van der Waals surface area contributed by atoms with Crippen LogP contribution in [0.4, 0.5) is 0 Å². The minimum Gasteiger partial charge on any atom is -0.293 e. The minimum absolute atomic E-state index is 0.0463. The number of nitrogens with zero attached hydrogens (tertiary/aromatic N) is 1. The van der Waals surface area contributed by atoms with Gasteiger partial charge in [-0.1, -0.05) is 41.4 Å². The van der Waals surface area contributed by atoms with Gasteiger partial charge >= 0.3 is 0 Å². The molecule has 0 spiro atoms. The Bertz CT molecular complexity index is 674. The van der Waals surface area contributed by atoms with Crippen molar-refractivity contribution in [1.29, 1.82) is 5.26 Å². The quantitative estimate of drug-likeness (QED) is 0.705. The van der Waals surface area contributed by atoms with Crippen LogP contribution in [0.25, 0.3) is 0 Å². The monoisotopic (exact) mass is 317 g/mol. The highest BCUT2D eigenvalue weighted by molar-refractivity contribution is 6.32. The second-order valence-electron chi connectivity index (χ2n) is 4.64. The molecular weight excluding hydrogens is 305 g/mol. The van der Waals surface area contributed by atoms with Crippen molar-refractivity contribution in [2.24, 2.45) is 0 Å². The van der Waals surface area contributed by atoms with E-state index < -0.39 is 5.92 Å². The molecule has 0 fully saturated rings. The molecule has 106 valence electrons. The first-order valence-electron chi connectivity index (χ1n) is 6.54. The number of nitriles is 1. The molecule has 4 heteroatoms. The molecule has 0 saturated heterocycles. The molecule has 0 amide bonds. The SMILES string of the molecule is N#CCCC(C(=O)c1ccc(Cl)cc1)c1ccccc1Cl. The maximum Gasteiger partial charge on any atom is 0.170 e. The van der Waals surface area contributed by atoms with E-state index in [2.05, 4.69) is 6.07 Å². The van der Waals surface area contributed by atoms with Gasteiger partial charge in [-0.15, -0.1) is 0 Å². The van der Waals surface area contributed by atoms with Crippen LogP contribution in [0, 0.1) is 11.3 Å². The number of Topliss-reactive ketones (excluding diaryl/α,β-unsaturated/α-hetero) is 1. The summed E-state index contributed by atoms with van der Waals surface area (Å²) in [6.07, 6.45) is 0.747. The number of hydrogen-bond donors (Lipinski definition) is 0. The van der Waals surface area contributed by atoms with Crippen molar-refractivity contribution in [3.63, 3.8) is 0 Å². The second kappa shape index (κ2) is 7.26. The summed E-state index contributed by atoms with van der Waals surface area (Å²) in [6.45, 7) is 0. The van der Waals surface area contributed by atoms with Crippen LogP contribution >= 0.6 is 23.2 Å². The molecule has 0 aromatic heterocycles. The zero-order valence-corrected chi connectivity index (χ0v) is 12.7. The predicted octanol–water partition coefficient (Wildman–Crippen LogP) is 5.26. The standard InChI is InChI=1S/C17H13Cl2NO/c18-13-9-7-12(8-10-13)17(21)15(5-3-11-20)14-4-1-2-6-16(14)19/h1-2,4,6-10,15H,3,5H2. The number of benzene rings is 2.